The molecule has 1 fully saturated rings. The largest absolute Gasteiger partial charge is 0.494 e. The molecular weight excluding hydrogens is 217 g/mol. The lowest BCUT2D eigenvalue weighted by Gasteiger charge is -2.14. The number of hydrogen-bond acceptors (Lipinski definition) is 2. The van der Waals surface area contributed by atoms with E-state index in [-0.39, 0.29) is 17.6 Å². The van der Waals surface area contributed by atoms with Gasteiger partial charge in [0, 0.05) is 22.7 Å². The maximum Gasteiger partial charge on any atom is 0.169 e. The Morgan fingerprint density at radius 3 is 2.93 bits per heavy atom. The molecule has 1 unspecified atom stereocenters. The van der Waals surface area contributed by atoms with Crippen LogP contribution < -0.4 is 10.1 Å². The summed E-state index contributed by atoms with van der Waals surface area (Å²) in [5.74, 6) is -0.0903. The lowest BCUT2D eigenvalue weighted by atomic mass is 10.0. The zero-order chi connectivity index (χ0) is 10.8. The summed E-state index contributed by atoms with van der Waals surface area (Å²) < 4.78 is 18.8. The van der Waals surface area contributed by atoms with E-state index in [0.717, 1.165) is 19.4 Å². The first-order valence-electron chi connectivity index (χ1n) is 4.98. The van der Waals surface area contributed by atoms with E-state index >= 15 is 0 Å². The Bertz CT molecular complexity index is 364. The molecule has 0 aromatic heterocycles. The Labute approximate surface area is 93.4 Å². The molecule has 0 aliphatic carbocycles. The van der Waals surface area contributed by atoms with E-state index < -0.39 is 0 Å². The van der Waals surface area contributed by atoms with E-state index in [1.165, 1.54) is 13.2 Å². The predicted molar refractivity (Wildman–Crippen MR) is 57.9 cm³/mol. The van der Waals surface area contributed by atoms with E-state index in [4.69, 9.17) is 16.3 Å². The highest BCUT2D eigenvalue weighted by atomic mass is 35.5. The topological polar surface area (TPSA) is 21.3 Å². The minimum Gasteiger partial charge on any atom is -0.494 e. The van der Waals surface area contributed by atoms with Crippen LogP contribution in [0.3, 0.4) is 0 Å². The van der Waals surface area contributed by atoms with Gasteiger partial charge in [-0.2, -0.15) is 0 Å². The summed E-state index contributed by atoms with van der Waals surface area (Å²) in [6, 6.07) is 3.23. The number of ether oxygens (including phenoxy) is 1. The quantitative estimate of drug-likeness (QED) is 0.842. The van der Waals surface area contributed by atoms with Gasteiger partial charge in [-0.3, -0.25) is 0 Å². The summed E-state index contributed by atoms with van der Waals surface area (Å²) in [4.78, 5) is 0. The minimum absolute atomic E-state index is 0.0672. The summed E-state index contributed by atoms with van der Waals surface area (Å²) in [5, 5.41) is 3.75. The van der Waals surface area contributed by atoms with Crippen molar-refractivity contribution in [2.45, 2.75) is 18.9 Å². The van der Waals surface area contributed by atoms with Crippen LogP contribution in [0.1, 0.15) is 24.4 Å². The Morgan fingerprint density at radius 2 is 2.33 bits per heavy atom. The number of methoxy groups -OCH3 is 1. The fourth-order valence-corrected chi connectivity index (χ4v) is 2.15. The molecule has 15 heavy (non-hydrogen) atoms. The van der Waals surface area contributed by atoms with Gasteiger partial charge in [0.05, 0.1) is 7.11 Å². The molecule has 1 aliphatic heterocycles. The van der Waals surface area contributed by atoms with Crippen LogP contribution >= 0.6 is 11.6 Å². The van der Waals surface area contributed by atoms with Crippen LogP contribution in [0, 0.1) is 5.82 Å². The fourth-order valence-electron chi connectivity index (χ4n) is 1.94. The first kappa shape index (κ1) is 10.7. The zero-order valence-corrected chi connectivity index (χ0v) is 9.27. The number of halogens is 2. The molecule has 1 N–H and O–H groups in total. The zero-order valence-electron chi connectivity index (χ0n) is 8.52. The molecule has 0 spiro atoms. The number of hydrogen-bond donors (Lipinski definition) is 1. The van der Waals surface area contributed by atoms with Gasteiger partial charge in [0.15, 0.2) is 11.6 Å². The van der Waals surface area contributed by atoms with Crippen LogP contribution in [-0.2, 0) is 0 Å². The van der Waals surface area contributed by atoms with Crippen LogP contribution in [-0.4, -0.2) is 13.7 Å². The summed E-state index contributed by atoms with van der Waals surface area (Å²) in [5.41, 5.74) is 0.608. The first-order chi connectivity index (χ1) is 7.22. The molecule has 0 saturated carbocycles. The van der Waals surface area contributed by atoms with Gasteiger partial charge in [0.25, 0.3) is 0 Å². The Morgan fingerprint density at radius 1 is 1.53 bits per heavy atom. The van der Waals surface area contributed by atoms with Crippen LogP contribution in [0.15, 0.2) is 12.1 Å². The number of rotatable bonds is 2. The first-order valence-corrected chi connectivity index (χ1v) is 5.36. The summed E-state index contributed by atoms with van der Waals surface area (Å²) in [6.07, 6.45) is 2.01. The van der Waals surface area contributed by atoms with E-state index in [2.05, 4.69) is 5.32 Å². The molecule has 4 heteroatoms. The summed E-state index contributed by atoms with van der Waals surface area (Å²) in [6.45, 7) is 0.929. The van der Waals surface area contributed by atoms with Crippen LogP contribution in [0.2, 0.25) is 5.02 Å². The third-order valence-corrected chi connectivity index (χ3v) is 2.91. The molecule has 82 valence electrons. The fraction of sp³-hybridized carbons (Fsp3) is 0.455. The second-order valence-electron chi connectivity index (χ2n) is 3.66. The molecular formula is C11H13ClFNO. The highest BCUT2D eigenvalue weighted by molar-refractivity contribution is 6.30. The Balaban J connectivity index is 2.40. The highest BCUT2D eigenvalue weighted by Crippen LogP contribution is 2.32. The average molecular weight is 230 g/mol. The van der Waals surface area contributed by atoms with Crippen molar-refractivity contribution in [3.05, 3.63) is 28.5 Å². The maximum absolute atomic E-state index is 13.9. The average Bonchev–Trinajstić information content (AvgIpc) is 2.74. The SMILES string of the molecule is COc1cc(Cl)cc(C2CCCN2)c1F. The number of nitrogens with one attached hydrogen (secondary N) is 1. The molecule has 0 amide bonds. The molecule has 0 radical (unpaired) electrons. The normalized spacial score (nSPS) is 20.6. The van der Waals surface area contributed by atoms with E-state index in [9.17, 15) is 4.39 Å². The third kappa shape index (κ3) is 2.08. The molecule has 0 bridgehead atoms. The van der Waals surface area contributed by atoms with Crippen molar-refractivity contribution in [3.8, 4) is 5.75 Å². The Kier molecular flexibility index (Phi) is 3.12. The number of benzene rings is 1. The summed E-state index contributed by atoms with van der Waals surface area (Å²) in [7, 11) is 1.45. The monoisotopic (exact) mass is 229 g/mol. The van der Waals surface area contributed by atoms with Crippen molar-refractivity contribution in [2.24, 2.45) is 0 Å². The molecule has 1 aliphatic rings. The van der Waals surface area contributed by atoms with Gasteiger partial charge in [0.1, 0.15) is 0 Å². The molecule has 1 aromatic rings. The standard InChI is InChI=1S/C11H13ClFNO/c1-15-10-6-7(12)5-8(11(10)13)9-3-2-4-14-9/h5-6,9,14H,2-4H2,1H3. The van der Waals surface area contributed by atoms with Crippen LogP contribution in [0.4, 0.5) is 4.39 Å². The predicted octanol–water partition coefficient (Wildman–Crippen LogP) is 2.91. The van der Waals surface area contributed by atoms with Crippen molar-refractivity contribution in [2.75, 3.05) is 13.7 Å². The Hall–Kier alpha value is -0.800. The van der Waals surface area contributed by atoms with Crippen LogP contribution in [0.5, 0.6) is 5.75 Å². The lowest BCUT2D eigenvalue weighted by Crippen LogP contribution is -2.14. The molecule has 1 atom stereocenters. The van der Waals surface area contributed by atoms with Crippen molar-refractivity contribution >= 4 is 11.6 Å². The smallest absolute Gasteiger partial charge is 0.169 e. The van der Waals surface area contributed by atoms with E-state index in [1.807, 2.05) is 0 Å². The van der Waals surface area contributed by atoms with Gasteiger partial charge < -0.3 is 10.1 Å². The van der Waals surface area contributed by atoms with Crippen molar-refractivity contribution in [3.63, 3.8) is 0 Å². The van der Waals surface area contributed by atoms with Gasteiger partial charge in [-0.1, -0.05) is 11.6 Å². The van der Waals surface area contributed by atoms with Crippen molar-refractivity contribution in [1.29, 1.82) is 0 Å². The minimum atomic E-state index is -0.304. The van der Waals surface area contributed by atoms with Crippen molar-refractivity contribution in [1.82, 2.24) is 5.32 Å². The third-order valence-electron chi connectivity index (χ3n) is 2.69. The van der Waals surface area contributed by atoms with Gasteiger partial charge in [-0.05, 0) is 25.5 Å². The second kappa shape index (κ2) is 4.37. The molecule has 1 saturated heterocycles. The highest BCUT2D eigenvalue weighted by Gasteiger charge is 2.22. The second-order valence-corrected chi connectivity index (χ2v) is 4.10. The molecule has 2 rings (SSSR count). The van der Waals surface area contributed by atoms with E-state index in [0.29, 0.717) is 10.6 Å². The van der Waals surface area contributed by atoms with Gasteiger partial charge in [0.2, 0.25) is 0 Å². The molecule has 1 heterocycles. The molecule has 1 aromatic carbocycles. The molecule has 2 nitrogen and oxygen atoms in total. The summed E-state index contributed by atoms with van der Waals surface area (Å²) >= 11 is 5.90. The maximum atomic E-state index is 13.9. The van der Waals surface area contributed by atoms with E-state index in [1.54, 1.807) is 6.07 Å². The van der Waals surface area contributed by atoms with Gasteiger partial charge in [-0.15, -0.1) is 0 Å². The van der Waals surface area contributed by atoms with Gasteiger partial charge >= 0.3 is 0 Å². The van der Waals surface area contributed by atoms with Crippen LogP contribution in [0.25, 0.3) is 0 Å². The van der Waals surface area contributed by atoms with Gasteiger partial charge in [-0.25, -0.2) is 4.39 Å². The lowest BCUT2D eigenvalue weighted by molar-refractivity contribution is 0.381. The van der Waals surface area contributed by atoms with Crippen molar-refractivity contribution < 1.29 is 9.13 Å².